The number of nitrogens with two attached hydrogens (primary N) is 1. The Bertz CT molecular complexity index is 1200. The Morgan fingerprint density at radius 1 is 1.22 bits per heavy atom. The Hall–Kier alpha value is -3.90. The van der Waals surface area contributed by atoms with Crippen LogP contribution in [0.4, 0.5) is 35.4 Å². The number of hydrogen-bond donors (Lipinski definition) is 3. The summed E-state index contributed by atoms with van der Waals surface area (Å²) in [5.41, 5.74) is 3.93. The van der Waals surface area contributed by atoms with Crippen LogP contribution in [0.5, 0.6) is 0 Å². The topological polar surface area (TPSA) is 135 Å². The van der Waals surface area contributed by atoms with Crippen LogP contribution in [0.25, 0.3) is 5.57 Å². The second-order valence-corrected chi connectivity index (χ2v) is 9.76. The van der Waals surface area contributed by atoms with Crippen LogP contribution in [0.3, 0.4) is 0 Å². The van der Waals surface area contributed by atoms with Gasteiger partial charge in [-0.25, -0.2) is 14.8 Å². The number of aromatic nitrogens is 3. The monoisotopic (exact) mass is 521 g/mol. The fraction of sp³-hybridized carbons (Fsp3) is 0.458. The molecule has 0 spiro atoms. The quantitative estimate of drug-likeness (QED) is 0.513. The van der Waals surface area contributed by atoms with Crippen molar-refractivity contribution in [1.82, 2.24) is 20.3 Å². The fourth-order valence-electron chi connectivity index (χ4n) is 3.65. The van der Waals surface area contributed by atoms with Gasteiger partial charge in [-0.1, -0.05) is 6.58 Å². The molecule has 1 atom stereocenters. The minimum Gasteiger partial charge on any atom is -0.444 e. The van der Waals surface area contributed by atoms with Crippen molar-refractivity contribution in [1.29, 1.82) is 0 Å². The molecule has 2 aromatic heterocycles. The second kappa shape index (κ2) is 10.6. The summed E-state index contributed by atoms with van der Waals surface area (Å²) in [6.07, 6.45) is -2.61. The molecule has 200 valence electrons. The summed E-state index contributed by atoms with van der Waals surface area (Å²) >= 11 is 0. The third-order valence-electron chi connectivity index (χ3n) is 5.28. The third kappa shape index (κ3) is 7.54. The summed E-state index contributed by atoms with van der Waals surface area (Å²) in [5.74, 6) is -0.706. The molecule has 1 aliphatic rings. The molecule has 0 bridgehead atoms. The van der Waals surface area contributed by atoms with E-state index in [0.29, 0.717) is 31.5 Å². The number of pyridine rings is 1. The Labute approximate surface area is 212 Å². The first-order chi connectivity index (χ1) is 17.1. The number of nitrogens with zero attached hydrogens (tertiary/aromatic N) is 4. The van der Waals surface area contributed by atoms with Crippen molar-refractivity contribution in [2.75, 3.05) is 23.3 Å². The van der Waals surface area contributed by atoms with Crippen LogP contribution in [0.1, 0.15) is 62.3 Å². The number of amides is 2. The lowest BCUT2D eigenvalue weighted by atomic mass is 10.1. The number of piperidine rings is 1. The summed E-state index contributed by atoms with van der Waals surface area (Å²) < 4.78 is 45.6. The van der Waals surface area contributed by atoms with E-state index in [2.05, 4.69) is 32.2 Å². The minimum absolute atomic E-state index is 0.00409. The molecule has 13 heteroatoms. The number of alkyl carbamates (subject to hydrolysis) is 1. The smallest absolute Gasteiger partial charge is 0.433 e. The lowest BCUT2D eigenvalue weighted by Crippen LogP contribution is -2.49. The minimum atomic E-state index is -4.70. The highest BCUT2D eigenvalue weighted by Gasteiger charge is 2.33. The van der Waals surface area contributed by atoms with Crippen LogP contribution in [0.2, 0.25) is 0 Å². The van der Waals surface area contributed by atoms with Gasteiger partial charge >= 0.3 is 12.3 Å². The molecule has 0 aromatic carbocycles. The molecule has 0 unspecified atom stereocenters. The van der Waals surface area contributed by atoms with Crippen molar-refractivity contribution in [2.45, 2.75) is 58.4 Å². The van der Waals surface area contributed by atoms with Crippen LogP contribution in [-0.2, 0) is 10.9 Å². The molecule has 0 radical (unpaired) electrons. The van der Waals surface area contributed by atoms with E-state index in [1.807, 2.05) is 0 Å². The van der Waals surface area contributed by atoms with Crippen LogP contribution in [-0.4, -0.2) is 51.7 Å². The Morgan fingerprint density at radius 3 is 2.51 bits per heavy atom. The van der Waals surface area contributed by atoms with Crippen molar-refractivity contribution < 1.29 is 27.5 Å². The molecular weight excluding hydrogens is 491 g/mol. The third-order valence-corrected chi connectivity index (χ3v) is 5.28. The number of halogens is 3. The van der Waals surface area contributed by atoms with Gasteiger partial charge in [0.1, 0.15) is 22.7 Å². The van der Waals surface area contributed by atoms with Crippen molar-refractivity contribution in [3.8, 4) is 0 Å². The van der Waals surface area contributed by atoms with E-state index in [1.165, 1.54) is 19.2 Å². The lowest BCUT2D eigenvalue weighted by Gasteiger charge is -2.33. The number of hydrogen-bond acceptors (Lipinski definition) is 8. The van der Waals surface area contributed by atoms with Crippen LogP contribution >= 0.6 is 0 Å². The highest BCUT2D eigenvalue weighted by atomic mass is 19.4. The number of anilines is 3. The molecule has 2 amide bonds. The summed E-state index contributed by atoms with van der Waals surface area (Å²) in [7, 11) is 0. The largest absolute Gasteiger partial charge is 0.444 e. The molecule has 0 aliphatic carbocycles. The van der Waals surface area contributed by atoms with Gasteiger partial charge < -0.3 is 26.0 Å². The number of carbonyl (C=O) groups excluding carboxylic acids is 2. The number of primary amides is 1. The average molecular weight is 522 g/mol. The van der Waals surface area contributed by atoms with E-state index in [1.54, 1.807) is 25.7 Å². The highest BCUT2D eigenvalue weighted by Crippen LogP contribution is 2.32. The lowest BCUT2D eigenvalue weighted by molar-refractivity contribution is -0.141. The van der Waals surface area contributed by atoms with E-state index < -0.39 is 29.5 Å². The molecule has 37 heavy (non-hydrogen) atoms. The zero-order chi connectivity index (χ0) is 27.5. The molecule has 3 heterocycles. The van der Waals surface area contributed by atoms with Crippen molar-refractivity contribution in [3.63, 3.8) is 0 Å². The molecule has 4 N–H and O–H groups in total. The maximum atomic E-state index is 13.4. The summed E-state index contributed by atoms with van der Waals surface area (Å²) in [5, 5.41) is 5.59. The van der Waals surface area contributed by atoms with Gasteiger partial charge in [0.15, 0.2) is 0 Å². The maximum absolute atomic E-state index is 13.4. The Kier molecular flexibility index (Phi) is 7.94. The van der Waals surface area contributed by atoms with Crippen LogP contribution in [0, 0.1) is 0 Å². The number of allylic oxidation sites excluding steroid dienone is 1. The number of ether oxygens (including phenoxy) is 1. The SMILES string of the molecule is C=C(C)c1cc(Nc2nc(N3CCC[C@H](NC(=O)OC(C)(C)C)C3)ncc2C(N)=O)cc(C(F)(F)F)n1. The summed E-state index contributed by atoms with van der Waals surface area (Å²) in [6, 6.07) is 1.93. The van der Waals surface area contributed by atoms with Crippen LogP contribution in [0.15, 0.2) is 24.9 Å². The van der Waals surface area contributed by atoms with Gasteiger partial charge in [-0.05, 0) is 58.2 Å². The maximum Gasteiger partial charge on any atom is 0.433 e. The van der Waals surface area contributed by atoms with Gasteiger partial charge in [-0.2, -0.15) is 18.2 Å². The molecule has 1 fully saturated rings. The summed E-state index contributed by atoms with van der Waals surface area (Å²) in [6.45, 7) is 11.4. The van der Waals surface area contributed by atoms with Gasteiger partial charge in [0, 0.05) is 31.0 Å². The molecule has 1 aliphatic heterocycles. The van der Waals surface area contributed by atoms with Gasteiger partial charge in [-0.15, -0.1) is 0 Å². The Balaban J connectivity index is 1.89. The van der Waals surface area contributed by atoms with Gasteiger partial charge in [0.2, 0.25) is 5.95 Å². The number of carbonyl (C=O) groups is 2. The standard InChI is InChI=1S/C24H30F3N7O3/c1-13(2)17-9-15(10-18(32-17)24(25,26)27)30-20-16(19(28)35)11-29-21(33-20)34-8-6-7-14(12-34)31-22(36)37-23(3,4)5/h9-11,14H,1,6-8,12H2,2-5H3,(H2,28,35)(H,31,36)(H,29,30,32,33)/t14-/m0/s1. The molecule has 10 nitrogen and oxygen atoms in total. The second-order valence-electron chi connectivity index (χ2n) is 9.76. The predicted octanol–water partition coefficient (Wildman–Crippen LogP) is 4.26. The van der Waals surface area contributed by atoms with Gasteiger partial charge in [0.05, 0.1) is 5.69 Å². The zero-order valence-electron chi connectivity index (χ0n) is 21.1. The van der Waals surface area contributed by atoms with Gasteiger partial charge in [0.25, 0.3) is 5.91 Å². The van der Waals surface area contributed by atoms with Crippen molar-refractivity contribution >= 4 is 35.0 Å². The molecule has 1 saturated heterocycles. The van der Waals surface area contributed by atoms with Crippen LogP contribution < -0.4 is 21.3 Å². The first-order valence-electron chi connectivity index (χ1n) is 11.6. The van der Waals surface area contributed by atoms with E-state index >= 15 is 0 Å². The zero-order valence-corrected chi connectivity index (χ0v) is 21.1. The van der Waals surface area contributed by atoms with E-state index in [0.717, 1.165) is 6.07 Å². The van der Waals surface area contributed by atoms with Crippen molar-refractivity contribution in [2.24, 2.45) is 5.73 Å². The first kappa shape index (κ1) is 27.7. The average Bonchev–Trinajstić information content (AvgIpc) is 2.77. The summed E-state index contributed by atoms with van der Waals surface area (Å²) in [4.78, 5) is 38.2. The van der Waals surface area contributed by atoms with E-state index in [4.69, 9.17) is 10.5 Å². The van der Waals surface area contributed by atoms with E-state index in [-0.39, 0.29) is 34.8 Å². The first-order valence-corrected chi connectivity index (χ1v) is 11.6. The molecule has 2 aromatic rings. The van der Waals surface area contributed by atoms with E-state index in [9.17, 15) is 22.8 Å². The normalized spacial score (nSPS) is 16.2. The predicted molar refractivity (Wildman–Crippen MR) is 132 cm³/mol. The Morgan fingerprint density at radius 2 is 1.92 bits per heavy atom. The highest BCUT2D eigenvalue weighted by molar-refractivity contribution is 5.98. The fourth-order valence-corrected chi connectivity index (χ4v) is 3.65. The molecule has 0 saturated carbocycles. The van der Waals surface area contributed by atoms with Gasteiger partial charge in [-0.3, -0.25) is 4.79 Å². The number of nitrogens with one attached hydrogen (secondary N) is 2. The van der Waals surface area contributed by atoms with Crippen molar-refractivity contribution in [3.05, 3.63) is 41.9 Å². The molecule has 3 rings (SSSR count). The molecular formula is C24H30F3N7O3. The number of alkyl halides is 3. The number of rotatable bonds is 6.